The molecule has 0 unspecified atom stereocenters. The Labute approximate surface area is 162 Å². The molecule has 7 heteroatoms. The Kier molecular flexibility index (Phi) is 6.70. The third kappa shape index (κ3) is 4.93. The molecule has 1 heterocycles. The summed E-state index contributed by atoms with van der Waals surface area (Å²) >= 11 is 1.47. The molecule has 3 N–H and O–H groups in total. The zero-order valence-corrected chi connectivity index (χ0v) is 16.3. The molecular formula is C20H21N5OS. The van der Waals surface area contributed by atoms with Crippen LogP contribution >= 0.6 is 11.3 Å². The lowest BCUT2D eigenvalue weighted by atomic mass is 9.79. The summed E-state index contributed by atoms with van der Waals surface area (Å²) in [6.07, 6.45) is 0.331. The number of amides is 2. The van der Waals surface area contributed by atoms with Crippen molar-refractivity contribution in [1.82, 2.24) is 5.43 Å². The Hall–Kier alpha value is -3.16. The Bertz CT molecular complexity index is 897. The molecule has 0 aliphatic rings. The fraction of sp³-hybridized carbons (Fsp3) is 0.300. The largest absolute Gasteiger partial charge is 0.350 e. The van der Waals surface area contributed by atoms with Crippen LogP contribution in [0.2, 0.25) is 0 Å². The van der Waals surface area contributed by atoms with Crippen LogP contribution < -0.4 is 11.2 Å². The Morgan fingerprint density at radius 2 is 1.89 bits per heavy atom. The fourth-order valence-electron chi connectivity index (χ4n) is 3.35. The number of nitriles is 2. The van der Waals surface area contributed by atoms with E-state index in [-0.39, 0.29) is 5.92 Å². The van der Waals surface area contributed by atoms with E-state index in [4.69, 9.17) is 5.73 Å². The fourth-order valence-corrected chi connectivity index (χ4v) is 4.07. The van der Waals surface area contributed by atoms with Crippen LogP contribution in [0.5, 0.6) is 0 Å². The molecule has 2 aromatic rings. The Morgan fingerprint density at radius 1 is 1.26 bits per heavy atom. The maximum Gasteiger partial charge on any atom is 0.332 e. The maximum atomic E-state index is 11.1. The molecule has 0 saturated heterocycles. The number of nitrogens with two attached hydrogens (primary N) is 1. The van der Waals surface area contributed by atoms with Gasteiger partial charge in [0.1, 0.15) is 5.92 Å². The average molecular weight is 379 g/mol. The molecule has 0 aliphatic carbocycles. The van der Waals surface area contributed by atoms with E-state index >= 15 is 0 Å². The highest BCUT2D eigenvalue weighted by molar-refractivity contribution is 7.12. The van der Waals surface area contributed by atoms with Crippen molar-refractivity contribution in [3.8, 4) is 12.1 Å². The molecule has 1 aromatic carbocycles. The van der Waals surface area contributed by atoms with Crippen molar-refractivity contribution in [2.24, 2.45) is 16.8 Å². The minimum absolute atomic E-state index is 0.331. The molecule has 2 rings (SSSR count). The molecule has 0 aliphatic heterocycles. The van der Waals surface area contributed by atoms with Crippen molar-refractivity contribution in [3.63, 3.8) is 0 Å². The summed E-state index contributed by atoms with van der Waals surface area (Å²) in [4.78, 5) is 12.0. The van der Waals surface area contributed by atoms with Crippen LogP contribution in [-0.2, 0) is 0 Å². The van der Waals surface area contributed by atoms with Crippen molar-refractivity contribution >= 4 is 23.1 Å². The van der Waals surface area contributed by atoms with E-state index in [0.717, 1.165) is 27.1 Å². The highest BCUT2D eigenvalue weighted by Gasteiger charge is 2.28. The number of nitrogens with one attached hydrogen (secondary N) is 1. The first-order valence-corrected chi connectivity index (χ1v) is 9.28. The number of benzene rings is 1. The van der Waals surface area contributed by atoms with Crippen LogP contribution in [0.25, 0.3) is 0 Å². The van der Waals surface area contributed by atoms with Gasteiger partial charge in [-0.3, -0.25) is 0 Å². The highest BCUT2D eigenvalue weighted by atomic mass is 32.1. The molecule has 0 radical (unpaired) electrons. The standard InChI is InChI=1S/C20H21N5OS/c1-12-7-13(2)19(14(3)8-12)16(15(10-21)11-22)9-17(24-25-20(23)26)18-5-4-6-27-18/h4-8,15-16H,9H2,1-3H3,(H3,23,25,26)/b24-17-/t16-/m1/s1. The van der Waals surface area contributed by atoms with Gasteiger partial charge in [-0.2, -0.15) is 15.6 Å². The maximum absolute atomic E-state index is 11.1. The number of hydrazone groups is 1. The van der Waals surface area contributed by atoms with Gasteiger partial charge in [-0.1, -0.05) is 23.8 Å². The number of carbonyl (C=O) groups excluding carboxylic acids is 1. The van der Waals surface area contributed by atoms with Gasteiger partial charge in [-0.05, 0) is 48.9 Å². The van der Waals surface area contributed by atoms with Gasteiger partial charge in [0, 0.05) is 12.3 Å². The third-order valence-corrected chi connectivity index (χ3v) is 5.23. The number of hydrogen-bond acceptors (Lipinski definition) is 5. The van der Waals surface area contributed by atoms with E-state index in [1.807, 2.05) is 50.4 Å². The number of nitrogens with zero attached hydrogens (tertiary/aromatic N) is 3. The lowest BCUT2D eigenvalue weighted by molar-refractivity contribution is 0.249. The first kappa shape index (κ1) is 20.2. The molecule has 138 valence electrons. The van der Waals surface area contributed by atoms with Gasteiger partial charge in [0.15, 0.2) is 0 Å². The lowest BCUT2D eigenvalue weighted by Gasteiger charge is -2.23. The van der Waals surface area contributed by atoms with E-state index in [1.165, 1.54) is 11.3 Å². The van der Waals surface area contributed by atoms with Crippen molar-refractivity contribution in [2.75, 3.05) is 0 Å². The van der Waals surface area contributed by atoms with Crippen molar-refractivity contribution in [3.05, 3.63) is 56.8 Å². The molecule has 1 atom stereocenters. The molecular weight excluding hydrogens is 358 g/mol. The first-order valence-electron chi connectivity index (χ1n) is 8.40. The van der Waals surface area contributed by atoms with E-state index in [1.54, 1.807) is 0 Å². The molecule has 0 saturated carbocycles. The second-order valence-electron chi connectivity index (χ2n) is 6.37. The zero-order valence-electron chi connectivity index (χ0n) is 15.5. The first-order chi connectivity index (χ1) is 12.9. The quantitative estimate of drug-likeness (QED) is 0.586. The zero-order chi connectivity index (χ0) is 20.0. The monoisotopic (exact) mass is 379 g/mol. The Morgan fingerprint density at radius 3 is 2.37 bits per heavy atom. The molecule has 0 fully saturated rings. The predicted octanol–water partition coefficient (Wildman–Crippen LogP) is 3.88. The lowest BCUT2D eigenvalue weighted by Crippen LogP contribution is -2.27. The normalized spacial score (nSPS) is 12.3. The van der Waals surface area contributed by atoms with Crippen LogP contribution in [0.3, 0.4) is 0 Å². The van der Waals surface area contributed by atoms with Crippen LogP contribution in [0, 0.1) is 49.4 Å². The van der Waals surface area contributed by atoms with Gasteiger partial charge in [-0.25, -0.2) is 10.2 Å². The summed E-state index contributed by atoms with van der Waals surface area (Å²) in [5.74, 6) is -1.22. The van der Waals surface area contributed by atoms with Gasteiger partial charge < -0.3 is 5.73 Å². The van der Waals surface area contributed by atoms with Gasteiger partial charge in [0.2, 0.25) is 0 Å². The predicted molar refractivity (Wildman–Crippen MR) is 106 cm³/mol. The summed E-state index contributed by atoms with van der Waals surface area (Å²) in [5, 5.41) is 25.2. The van der Waals surface area contributed by atoms with E-state index in [0.29, 0.717) is 12.1 Å². The number of aryl methyl sites for hydroxylation is 3. The van der Waals surface area contributed by atoms with Gasteiger partial charge >= 0.3 is 6.03 Å². The second kappa shape index (κ2) is 8.98. The number of urea groups is 1. The van der Waals surface area contributed by atoms with E-state index < -0.39 is 11.9 Å². The summed E-state index contributed by atoms with van der Waals surface area (Å²) in [6, 6.07) is 11.3. The van der Waals surface area contributed by atoms with Gasteiger partial charge in [0.25, 0.3) is 0 Å². The van der Waals surface area contributed by atoms with Crippen LogP contribution in [0.1, 0.15) is 39.5 Å². The Balaban J connectivity index is 2.55. The molecule has 2 amide bonds. The van der Waals surface area contributed by atoms with Crippen LogP contribution in [0.4, 0.5) is 4.79 Å². The van der Waals surface area contributed by atoms with E-state index in [2.05, 4.69) is 22.7 Å². The summed E-state index contributed by atoms with van der Waals surface area (Å²) in [5.41, 5.74) is 12.2. The average Bonchev–Trinajstić information content (AvgIpc) is 3.12. The van der Waals surface area contributed by atoms with Crippen LogP contribution in [0.15, 0.2) is 34.7 Å². The van der Waals surface area contributed by atoms with Gasteiger partial charge in [0.05, 0.1) is 22.7 Å². The molecule has 1 aromatic heterocycles. The van der Waals surface area contributed by atoms with E-state index in [9.17, 15) is 15.3 Å². The molecule has 0 spiro atoms. The minimum Gasteiger partial charge on any atom is -0.350 e. The van der Waals surface area contributed by atoms with Crippen molar-refractivity contribution < 1.29 is 4.79 Å². The summed E-state index contributed by atoms with van der Waals surface area (Å²) < 4.78 is 0. The number of primary amides is 1. The van der Waals surface area contributed by atoms with Crippen molar-refractivity contribution in [1.29, 1.82) is 10.5 Å². The minimum atomic E-state index is -0.844. The topological polar surface area (TPSA) is 115 Å². The number of rotatable bonds is 6. The highest BCUT2D eigenvalue weighted by Crippen LogP contribution is 2.35. The van der Waals surface area contributed by atoms with Crippen LogP contribution in [-0.4, -0.2) is 11.7 Å². The van der Waals surface area contributed by atoms with Gasteiger partial charge in [-0.15, -0.1) is 11.3 Å². The SMILES string of the molecule is Cc1cc(C)c([C@H](C/C(=N/NC(N)=O)c2cccs2)C(C#N)C#N)c(C)c1. The number of carbonyl (C=O) groups is 1. The smallest absolute Gasteiger partial charge is 0.332 e. The third-order valence-electron chi connectivity index (χ3n) is 4.31. The molecule has 0 bridgehead atoms. The number of thiophene rings is 1. The molecule has 6 nitrogen and oxygen atoms in total. The second-order valence-corrected chi connectivity index (χ2v) is 7.32. The summed E-state index contributed by atoms with van der Waals surface area (Å²) in [6.45, 7) is 5.98. The molecule has 27 heavy (non-hydrogen) atoms. The van der Waals surface area contributed by atoms with Crippen molar-refractivity contribution in [2.45, 2.75) is 33.1 Å². The number of hydrogen-bond donors (Lipinski definition) is 2. The summed E-state index contributed by atoms with van der Waals surface area (Å²) in [7, 11) is 0.